The van der Waals surface area contributed by atoms with Gasteiger partial charge in [0, 0.05) is 28.0 Å². The molecule has 3 rings (SSSR count). The zero-order valence-electron chi connectivity index (χ0n) is 10.4. The summed E-state index contributed by atoms with van der Waals surface area (Å²) in [5, 5.41) is 1.26. The highest BCUT2D eigenvalue weighted by Gasteiger charge is 2.11. The van der Waals surface area contributed by atoms with Crippen molar-refractivity contribution in [2.24, 2.45) is 0 Å². The van der Waals surface area contributed by atoms with Crippen molar-refractivity contribution in [3.63, 3.8) is 0 Å². The molecule has 3 aromatic rings. The van der Waals surface area contributed by atoms with Gasteiger partial charge in [-0.2, -0.15) is 4.57 Å². The molecule has 1 nitrogen and oxygen atoms in total. The van der Waals surface area contributed by atoms with Crippen molar-refractivity contribution in [3.05, 3.63) is 59.2 Å². The Bertz CT molecular complexity index is 662. The van der Waals surface area contributed by atoms with Crippen molar-refractivity contribution in [3.8, 4) is 14.8 Å². The van der Waals surface area contributed by atoms with Gasteiger partial charge in [0.1, 0.15) is 0 Å². The van der Waals surface area contributed by atoms with Crippen molar-refractivity contribution in [1.29, 1.82) is 0 Å². The second kappa shape index (κ2) is 4.67. The molecular weight excluding hydrogens is 258 g/mol. The predicted octanol–water partition coefficient (Wildman–Crippen LogP) is 4.37. The molecule has 0 bridgehead atoms. The Morgan fingerprint density at radius 2 is 1.44 bits per heavy atom. The van der Waals surface area contributed by atoms with Crippen LogP contribution in [0.15, 0.2) is 48.8 Å². The Hall–Kier alpha value is -1.45. The summed E-state index contributed by atoms with van der Waals surface area (Å²) in [6.45, 7) is 4.26. The summed E-state index contributed by atoms with van der Waals surface area (Å²) < 4.78 is 2.17. The molecule has 0 radical (unpaired) electrons. The molecule has 0 fully saturated rings. The van der Waals surface area contributed by atoms with Crippen LogP contribution < -0.4 is 4.57 Å². The van der Waals surface area contributed by atoms with Crippen LogP contribution in [0.2, 0.25) is 0 Å². The third-order valence-corrected chi connectivity index (χ3v) is 5.12. The third-order valence-electron chi connectivity index (χ3n) is 2.83. The van der Waals surface area contributed by atoms with Crippen molar-refractivity contribution in [2.75, 3.05) is 0 Å². The molecule has 3 aromatic heterocycles. The number of hydrogen-bond acceptors (Lipinski definition) is 2. The van der Waals surface area contributed by atoms with Crippen LogP contribution in [-0.4, -0.2) is 0 Å². The van der Waals surface area contributed by atoms with E-state index in [2.05, 4.69) is 67.2 Å². The van der Waals surface area contributed by atoms with Crippen LogP contribution in [0.5, 0.6) is 0 Å². The van der Waals surface area contributed by atoms with Gasteiger partial charge in [-0.1, -0.05) is 11.3 Å². The number of aryl methyl sites for hydroxylation is 2. The lowest BCUT2D eigenvalue weighted by molar-refractivity contribution is -0.591. The first-order valence-electron chi connectivity index (χ1n) is 5.87. The van der Waals surface area contributed by atoms with Crippen molar-refractivity contribution in [2.45, 2.75) is 13.8 Å². The van der Waals surface area contributed by atoms with E-state index in [4.69, 9.17) is 0 Å². The molecule has 0 unspecified atom stereocenters. The van der Waals surface area contributed by atoms with Gasteiger partial charge < -0.3 is 0 Å². The van der Waals surface area contributed by atoms with Gasteiger partial charge in [0.05, 0.1) is 4.88 Å². The Morgan fingerprint density at radius 1 is 0.778 bits per heavy atom. The predicted molar refractivity (Wildman–Crippen MR) is 78.6 cm³/mol. The van der Waals surface area contributed by atoms with E-state index in [1.165, 1.54) is 25.2 Å². The fourth-order valence-corrected chi connectivity index (χ4v) is 3.74. The van der Waals surface area contributed by atoms with Crippen LogP contribution in [0.25, 0.3) is 14.8 Å². The molecule has 0 saturated heterocycles. The molecule has 18 heavy (non-hydrogen) atoms. The SMILES string of the molecule is Cc1cc[n+](-c2ccc(-c3ccc(C)s3)s2)cc1. The molecule has 90 valence electrons. The topological polar surface area (TPSA) is 3.88 Å². The molecule has 0 saturated carbocycles. The van der Waals surface area contributed by atoms with Crippen LogP contribution in [0.1, 0.15) is 10.4 Å². The fraction of sp³-hybridized carbons (Fsp3) is 0.133. The number of pyridine rings is 1. The lowest BCUT2D eigenvalue weighted by atomic mass is 10.3. The van der Waals surface area contributed by atoms with Gasteiger partial charge in [-0.25, -0.2) is 0 Å². The van der Waals surface area contributed by atoms with E-state index in [0.29, 0.717) is 0 Å². The van der Waals surface area contributed by atoms with Crippen LogP contribution >= 0.6 is 22.7 Å². The lowest BCUT2D eigenvalue weighted by Gasteiger charge is -1.91. The zero-order chi connectivity index (χ0) is 12.5. The highest BCUT2D eigenvalue weighted by atomic mass is 32.1. The number of rotatable bonds is 2. The van der Waals surface area contributed by atoms with Gasteiger partial charge in [0.2, 0.25) is 0 Å². The summed E-state index contributed by atoms with van der Waals surface area (Å²) in [7, 11) is 0. The summed E-state index contributed by atoms with van der Waals surface area (Å²) in [6.07, 6.45) is 4.23. The first kappa shape index (κ1) is 11.6. The Balaban J connectivity index is 1.96. The Labute approximate surface area is 115 Å². The normalized spacial score (nSPS) is 10.8. The minimum Gasteiger partial charge on any atom is -0.158 e. The Kier molecular flexibility index (Phi) is 3.02. The number of thiophene rings is 2. The average molecular weight is 272 g/mol. The van der Waals surface area contributed by atoms with Gasteiger partial charge in [-0.3, -0.25) is 0 Å². The molecule has 0 N–H and O–H groups in total. The largest absolute Gasteiger partial charge is 0.267 e. The van der Waals surface area contributed by atoms with Crippen molar-refractivity contribution >= 4 is 22.7 Å². The van der Waals surface area contributed by atoms with Gasteiger partial charge in [-0.15, -0.1) is 11.3 Å². The second-order valence-corrected chi connectivity index (χ2v) is 6.68. The maximum absolute atomic E-state index is 2.21. The van der Waals surface area contributed by atoms with Crippen LogP contribution in [0.3, 0.4) is 0 Å². The summed E-state index contributed by atoms with van der Waals surface area (Å²) in [5.74, 6) is 0. The van der Waals surface area contributed by atoms with Gasteiger partial charge >= 0.3 is 0 Å². The highest BCUT2D eigenvalue weighted by Crippen LogP contribution is 2.33. The average Bonchev–Trinajstić information content (AvgIpc) is 2.98. The Morgan fingerprint density at radius 3 is 2.11 bits per heavy atom. The van der Waals surface area contributed by atoms with Crippen molar-refractivity contribution < 1.29 is 4.57 Å². The summed E-state index contributed by atoms with van der Waals surface area (Å²) in [6, 6.07) is 13.0. The quantitative estimate of drug-likeness (QED) is 0.610. The molecule has 0 aliphatic carbocycles. The highest BCUT2D eigenvalue weighted by molar-refractivity contribution is 7.23. The van der Waals surface area contributed by atoms with Crippen molar-refractivity contribution in [1.82, 2.24) is 0 Å². The maximum atomic E-state index is 2.21. The summed E-state index contributed by atoms with van der Waals surface area (Å²) >= 11 is 3.68. The maximum Gasteiger partial charge on any atom is 0.267 e. The van der Waals surface area contributed by atoms with E-state index in [1.807, 2.05) is 22.7 Å². The molecule has 3 heteroatoms. The van der Waals surface area contributed by atoms with E-state index < -0.39 is 0 Å². The van der Waals surface area contributed by atoms with E-state index in [9.17, 15) is 0 Å². The van der Waals surface area contributed by atoms with Crippen LogP contribution in [0, 0.1) is 13.8 Å². The zero-order valence-corrected chi connectivity index (χ0v) is 12.0. The van der Waals surface area contributed by atoms with Gasteiger partial charge in [-0.05, 0) is 37.6 Å². The molecule has 0 aromatic carbocycles. The van der Waals surface area contributed by atoms with E-state index in [0.717, 1.165) is 0 Å². The van der Waals surface area contributed by atoms with Gasteiger partial charge in [0.25, 0.3) is 5.00 Å². The minimum atomic E-state index is 1.26. The molecule has 0 atom stereocenters. The first-order valence-corrected chi connectivity index (χ1v) is 7.50. The van der Waals surface area contributed by atoms with E-state index in [-0.39, 0.29) is 0 Å². The number of nitrogens with zero attached hydrogens (tertiary/aromatic N) is 1. The van der Waals surface area contributed by atoms with E-state index in [1.54, 1.807) is 0 Å². The molecule has 3 heterocycles. The first-order chi connectivity index (χ1) is 8.72. The van der Waals surface area contributed by atoms with E-state index >= 15 is 0 Å². The molecular formula is C15H14NS2+. The van der Waals surface area contributed by atoms with Crippen LogP contribution in [-0.2, 0) is 0 Å². The minimum absolute atomic E-state index is 1.26. The molecule has 0 spiro atoms. The lowest BCUT2D eigenvalue weighted by Crippen LogP contribution is -2.27. The smallest absolute Gasteiger partial charge is 0.158 e. The monoisotopic (exact) mass is 272 g/mol. The standard InChI is InChI=1S/C15H14NS2/c1-11-7-9-16(10-8-11)15-6-5-14(18-15)13-4-3-12(2)17-13/h3-10H,1-2H3/q+1. The third kappa shape index (κ3) is 2.24. The molecule has 0 aliphatic heterocycles. The molecule has 0 aliphatic rings. The fourth-order valence-electron chi connectivity index (χ4n) is 1.81. The molecule has 0 amide bonds. The van der Waals surface area contributed by atoms with Gasteiger partial charge in [0.15, 0.2) is 12.4 Å². The number of hydrogen-bond donors (Lipinski definition) is 0. The second-order valence-electron chi connectivity index (χ2n) is 4.33. The summed E-state index contributed by atoms with van der Waals surface area (Å²) in [4.78, 5) is 4.07. The summed E-state index contributed by atoms with van der Waals surface area (Å²) in [5.41, 5.74) is 1.29. The van der Waals surface area contributed by atoms with Crippen LogP contribution in [0.4, 0.5) is 0 Å². The number of aromatic nitrogens is 1.